The molecule has 1 aliphatic heterocycles. The van der Waals surface area contributed by atoms with Crippen LogP contribution in [0.15, 0.2) is 53.0 Å². The van der Waals surface area contributed by atoms with Gasteiger partial charge in [-0.2, -0.15) is 13.2 Å². The summed E-state index contributed by atoms with van der Waals surface area (Å²) in [6, 6.07) is 11.7. The van der Waals surface area contributed by atoms with Crippen LogP contribution in [0.3, 0.4) is 0 Å². The van der Waals surface area contributed by atoms with Crippen molar-refractivity contribution in [2.75, 3.05) is 13.1 Å². The number of benzene rings is 2. The molecule has 10 heteroatoms. The van der Waals surface area contributed by atoms with Crippen LogP contribution in [-0.2, 0) is 11.2 Å². The van der Waals surface area contributed by atoms with Gasteiger partial charge in [0.2, 0.25) is 5.91 Å². The number of hydrogen-bond donors (Lipinski definition) is 1. The van der Waals surface area contributed by atoms with Crippen molar-refractivity contribution < 1.29 is 18.0 Å². The minimum Gasteiger partial charge on any atom is -0.343 e. The predicted octanol–water partition coefficient (Wildman–Crippen LogP) is 7.77. The molecule has 1 N–H and O–H groups in total. The Morgan fingerprint density at radius 1 is 1.11 bits per heavy atom. The van der Waals surface area contributed by atoms with Crippen molar-refractivity contribution in [3.63, 3.8) is 0 Å². The lowest BCUT2D eigenvalue weighted by atomic mass is 9.67. The number of aromatic nitrogens is 3. The molecule has 0 spiro atoms. The highest BCUT2D eigenvalue weighted by molar-refractivity contribution is 6.36. The van der Waals surface area contributed by atoms with Gasteiger partial charge in [0, 0.05) is 43.6 Å². The number of nitrogens with one attached hydrogen (secondary N) is 1. The molecule has 3 heterocycles. The molecule has 6 nitrogen and oxygen atoms in total. The number of amides is 1. The summed E-state index contributed by atoms with van der Waals surface area (Å²) in [4.78, 5) is 35.2. The van der Waals surface area contributed by atoms with Crippen LogP contribution in [0.2, 0.25) is 5.02 Å². The maximum Gasteiger partial charge on any atom is 0.389 e. The summed E-state index contributed by atoms with van der Waals surface area (Å²) in [5, 5.41) is 2.73. The van der Waals surface area contributed by atoms with Crippen molar-refractivity contribution in [3.8, 4) is 0 Å². The maximum absolute atomic E-state index is 13.7. The van der Waals surface area contributed by atoms with E-state index in [9.17, 15) is 22.8 Å². The van der Waals surface area contributed by atoms with E-state index in [1.807, 2.05) is 42.2 Å². The number of likely N-dealkylation sites (tertiary alicyclic amines) is 1. The highest BCUT2D eigenvalue weighted by Gasteiger charge is 2.40. The summed E-state index contributed by atoms with van der Waals surface area (Å²) in [6.45, 7) is 2.97. The van der Waals surface area contributed by atoms with E-state index in [0.29, 0.717) is 49.4 Å². The molecular formula is C34H34ClF3N4O2. The van der Waals surface area contributed by atoms with Gasteiger partial charge in [-0.05, 0) is 97.1 Å². The van der Waals surface area contributed by atoms with Crippen LogP contribution in [0, 0.1) is 18.8 Å². The largest absolute Gasteiger partial charge is 0.389 e. The van der Waals surface area contributed by atoms with Gasteiger partial charge in [0.25, 0.3) is 0 Å². The Morgan fingerprint density at radius 3 is 2.66 bits per heavy atom. The van der Waals surface area contributed by atoms with E-state index in [0.717, 1.165) is 57.0 Å². The van der Waals surface area contributed by atoms with Crippen molar-refractivity contribution >= 4 is 45.0 Å². The van der Waals surface area contributed by atoms with Gasteiger partial charge in [0.15, 0.2) is 5.65 Å². The number of H-pyrrole nitrogens is 1. The minimum absolute atomic E-state index is 0.0242. The monoisotopic (exact) mass is 622 g/mol. The Bertz CT molecular complexity index is 1870. The number of piperidine rings is 1. The number of hydrogen-bond acceptors (Lipinski definition) is 3. The van der Waals surface area contributed by atoms with Gasteiger partial charge < -0.3 is 4.90 Å². The summed E-state index contributed by atoms with van der Waals surface area (Å²) < 4.78 is 42.8. The molecule has 2 atom stereocenters. The number of allylic oxidation sites excluding steroid dienone is 2. The van der Waals surface area contributed by atoms with Crippen LogP contribution in [-0.4, -0.2) is 44.6 Å². The Hall–Kier alpha value is -3.59. The second-order valence-electron chi connectivity index (χ2n) is 12.7. The lowest BCUT2D eigenvalue weighted by Gasteiger charge is -2.39. The van der Waals surface area contributed by atoms with Gasteiger partial charge in [0.1, 0.15) is 0 Å². The van der Waals surface area contributed by atoms with Gasteiger partial charge in [-0.25, -0.2) is 9.78 Å². The van der Waals surface area contributed by atoms with E-state index >= 15 is 0 Å². The quantitative estimate of drug-likeness (QED) is 0.253. The smallest absolute Gasteiger partial charge is 0.343 e. The summed E-state index contributed by atoms with van der Waals surface area (Å²) in [6.07, 6.45) is 0.184. The van der Waals surface area contributed by atoms with E-state index in [2.05, 4.69) is 9.97 Å². The second kappa shape index (κ2) is 11.1. The molecule has 1 amide bonds. The summed E-state index contributed by atoms with van der Waals surface area (Å²) >= 11 is 6.78. The third-order valence-electron chi connectivity index (χ3n) is 10.00. The fourth-order valence-electron chi connectivity index (χ4n) is 8.01. The molecule has 0 bridgehead atoms. The molecular weight excluding hydrogens is 589 g/mol. The molecule has 2 aromatic carbocycles. The molecule has 0 saturated carbocycles. The van der Waals surface area contributed by atoms with Crippen molar-refractivity contribution in [1.29, 1.82) is 0 Å². The average molecular weight is 623 g/mol. The number of rotatable bonds is 4. The first kappa shape index (κ1) is 29.1. The molecule has 1 fully saturated rings. The molecule has 2 unspecified atom stereocenters. The molecule has 3 aliphatic rings. The summed E-state index contributed by atoms with van der Waals surface area (Å²) in [5.41, 5.74) is 6.29. The molecule has 2 aliphatic carbocycles. The normalized spacial score (nSPS) is 21.2. The maximum atomic E-state index is 13.7. The Balaban J connectivity index is 1.14. The predicted molar refractivity (Wildman–Crippen MR) is 166 cm³/mol. The van der Waals surface area contributed by atoms with Gasteiger partial charge in [-0.3, -0.25) is 14.3 Å². The van der Waals surface area contributed by atoms with E-state index in [1.165, 1.54) is 0 Å². The zero-order valence-electron chi connectivity index (χ0n) is 24.5. The molecule has 7 rings (SSSR count). The number of carbonyl (C=O) groups excluding carboxylic acids is 1. The lowest BCUT2D eigenvalue weighted by molar-refractivity contribution is -0.145. The number of nitrogens with zero attached hydrogens (tertiary/aromatic N) is 3. The first-order chi connectivity index (χ1) is 21.1. The molecule has 230 valence electrons. The fraction of sp³-hybridized carbons (Fsp3) is 0.441. The van der Waals surface area contributed by atoms with Crippen molar-refractivity contribution in [2.45, 2.75) is 70.5 Å². The van der Waals surface area contributed by atoms with E-state index in [1.54, 1.807) is 16.8 Å². The van der Waals surface area contributed by atoms with Crippen LogP contribution in [0.1, 0.15) is 67.7 Å². The standard InChI is InChI=1S/C34H34ClF3N4O2/c1-19-4-5-21-6-7-25-26(30(21)31(19)35)9-8-24-22(15-20(16-27(24)25)18-34(36,37)38)17-29(43)41-13-10-23(11-14-41)42-28-3-2-12-39-32(28)40-33(42)44/h2-7,12,20,22-23H,8-11,13-18H2,1H3,(H,39,40,44). The number of carbonyl (C=O) groups is 1. The van der Waals surface area contributed by atoms with Gasteiger partial charge in [0.05, 0.1) is 10.5 Å². The van der Waals surface area contributed by atoms with Gasteiger partial charge >= 0.3 is 11.9 Å². The van der Waals surface area contributed by atoms with Crippen LogP contribution in [0.5, 0.6) is 0 Å². The van der Waals surface area contributed by atoms with Gasteiger partial charge in [-0.1, -0.05) is 41.4 Å². The Kier molecular flexibility index (Phi) is 7.34. The molecule has 1 saturated heterocycles. The Morgan fingerprint density at radius 2 is 1.89 bits per heavy atom. The van der Waals surface area contributed by atoms with E-state index in [-0.39, 0.29) is 30.0 Å². The molecule has 2 aromatic heterocycles. The van der Waals surface area contributed by atoms with E-state index < -0.39 is 18.5 Å². The first-order valence-electron chi connectivity index (χ1n) is 15.4. The number of halogens is 4. The number of imidazole rings is 1. The van der Waals surface area contributed by atoms with Crippen LogP contribution in [0.4, 0.5) is 13.2 Å². The molecule has 44 heavy (non-hydrogen) atoms. The SMILES string of the molecule is Cc1ccc2ccc3c(c2c1Cl)CCC1=C3CC(CC(F)(F)F)CC1CC(=O)N1CCC(n2c(=O)[nH]c3ncccc32)CC1. The van der Waals surface area contributed by atoms with Crippen molar-refractivity contribution in [3.05, 3.63) is 80.4 Å². The second-order valence-corrected chi connectivity index (χ2v) is 13.1. The van der Waals surface area contributed by atoms with Crippen LogP contribution < -0.4 is 5.69 Å². The zero-order chi connectivity index (χ0) is 30.7. The summed E-state index contributed by atoms with van der Waals surface area (Å²) in [5.74, 6) is -0.825. The average Bonchev–Trinajstić information content (AvgIpc) is 3.33. The van der Waals surface area contributed by atoms with Crippen molar-refractivity contribution in [1.82, 2.24) is 19.4 Å². The number of aromatic amines is 1. The topological polar surface area (TPSA) is 71.0 Å². The van der Waals surface area contributed by atoms with E-state index in [4.69, 9.17) is 11.6 Å². The molecule has 0 radical (unpaired) electrons. The van der Waals surface area contributed by atoms with Gasteiger partial charge in [-0.15, -0.1) is 0 Å². The minimum atomic E-state index is -4.27. The third kappa shape index (κ3) is 5.23. The highest BCUT2D eigenvalue weighted by Crippen LogP contribution is 2.50. The molecule has 4 aromatic rings. The number of alkyl halides is 3. The first-order valence-corrected chi connectivity index (χ1v) is 15.8. The van der Waals surface area contributed by atoms with Crippen LogP contribution in [0.25, 0.3) is 27.5 Å². The summed E-state index contributed by atoms with van der Waals surface area (Å²) in [7, 11) is 0. The zero-order valence-corrected chi connectivity index (χ0v) is 25.3. The van der Waals surface area contributed by atoms with Crippen LogP contribution >= 0.6 is 11.6 Å². The Labute approximate surface area is 257 Å². The van der Waals surface area contributed by atoms with Crippen molar-refractivity contribution in [2.24, 2.45) is 11.8 Å². The number of aryl methyl sites for hydroxylation is 2. The number of fused-ring (bicyclic) bond motifs is 5. The fourth-order valence-corrected chi connectivity index (χ4v) is 8.29. The lowest BCUT2D eigenvalue weighted by Crippen LogP contribution is -2.41. The third-order valence-corrected chi connectivity index (χ3v) is 10.5. The highest BCUT2D eigenvalue weighted by atomic mass is 35.5. The number of pyridine rings is 1.